The van der Waals surface area contributed by atoms with Gasteiger partial charge in [0.25, 0.3) is 0 Å². The number of thiophene rings is 1. The molecule has 0 atom stereocenters. The van der Waals surface area contributed by atoms with E-state index in [0.29, 0.717) is 195 Å². The van der Waals surface area contributed by atoms with Gasteiger partial charge in [0.15, 0.2) is 5.78 Å². The fourth-order valence-corrected chi connectivity index (χ4v) is 19.6. The number of halogens is 10. The Kier molecular flexibility index (Phi) is 25.2. The monoisotopic (exact) mass is 1840 g/mol. The number of amides is 1. The molecule has 1 amide bonds. The summed E-state index contributed by atoms with van der Waals surface area (Å²) >= 11 is 65.1. The number of anilines is 5. The lowest BCUT2D eigenvalue weighted by molar-refractivity contribution is -0.121. The smallest absolute Gasteiger partial charge is 0.239 e. The first-order valence-electron chi connectivity index (χ1n) is 38.0. The van der Waals surface area contributed by atoms with Crippen molar-refractivity contribution in [1.29, 1.82) is 0 Å². The summed E-state index contributed by atoms with van der Waals surface area (Å²) in [6, 6.07) is 15.9. The molecule has 19 rings (SSSR count). The first kappa shape index (κ1) is 85.6. The van der Waals surface area contributed by atoms with Crippen LogP contribution >= 0.6 is 127 Å². The zero-order valence-corrected chi connectivity index (χ0v) is 73.6. The van der Waals surface area contributed by atoms with Gasteiger partial charge in [-0.25, -0.2) is 39.9 Å². The molecule has 27 nitrogen and oxygen atoms in total. The number of aromatic nitrogens is 13. The first-order valence-corrected chi connectivity index (χ1v) is 42.6. The van der Waals surface area contributed by atoms with Crippen LogP contribution in [0.1, 0.15) is 77.6 Å². The Balaban J connectivity index is 0.000000118. The average molecular weight is 1850 g/mol. The summed E-state index contributed by atoms with van der Waals surface area (Å²) < 4.78 is 33.7. The summed E-state index contributed by atoms with van der Waals surface area (Å²) in [6.07, 6.45) is 11.2. The number of carbonyl (C=O) groups excluding carboxylic acids is 2. The van der Waals surface area contributed by atoms with Crippen molar-refractivity contribution in [1.82, 2.24) is 68.9 Å². The quantitative estimate of drug-likeness (QED) is 0.0531. The number of carbonyl (C=O) groups is 2. The van der Waals surface area contributed by atoms with E-state index in [-0.39, 0.29) is 54.5 Å². The molecule has 14 heterocycles. The van der Waals surface area contributed by atoms with E-state index in [2.05, 4.69) is 68.7 Å². The van der Waals surface area contributed by atoms with Crippen molar-refractivity contribution < 1.29 is 33.3 Å². The molecular formula is C83H74Cl10N20O7S. The number of ketones is 1. The van der Waals surface area contributed by atoms with Gasteiger partial charge in [-0.2, -0.15) is 9.97 Å². The van der Waals surface area contributed by atoms with E-state index in [4.69, 9.17) is 174 Å². The van der Waals surface area contributed by atoms with Crippen molar-refractivity contribution in [2.45, 2.75) is 92.2 Å². The fraction of sp³-hybridized carbons (Fsp3) is 0.253. The lowest BCUT2D eigenvalue weighted by atomic mass is 9.96. The Labute approximate surface area is 746 Å². The molecule has 0 spiro atoms. The van der Waals surface area contributed by atoms with Crippen molar-refractivity contribution in [3.63, 3.8) is 0 Å². The number of Topliss-reactive ketones (excluding diaryl/α,β-unsaturated/α-hetero) is 1. The van der Waals surface area contributed by atoms with Crippen LogP contribution in [0.3, 0.4) is 0 Å². The molecule has 0 aliphatic carbocycles. The minimum absolute atomic E-state index is 0.103. The zero-order valence-electron chi connectivity index (χ0n) is 65.3. The second-order valence-electron chi connectivity index (χ2n) is 28.3. The van der Waals surface area contributed by atoms with Crippen LogP contribution in [-0.2, 0) is 68.3 Å². The van der Waals surface area contributed by atoms with Crippen LogP contribution in [0.5, 0.6) is 28.7 Å². The number of hydrogen-bond donors (Lipinski definition) is 7. The summed E-state index contributed by atoms with van der Waals surface area (Å²) in [5.41, 5.74) is 52.4. The summed E-state index contributed by atoms with van der Waals surface area (Å²) in [5.74, 6) is 4.22. The van der Waals surface area contributed by atoms with Gasteiger partial charge >= 0.3 is 0 Å². The number of hydrogen-bond acceptors (Lipinski definition) is 24. The van der Waals surface area contributed by atoms with Crippen LogP contribution < -0.4 is 63.4 Å². The van der Waals surface area contributed by atoms with E-state index in [1.807, 2.05) is 63.0 Å². The molecule has 624 valence electrons. The number of nitrogens with zero attached hydrogens (tertiary/aromatic N) is 13. The molecule has 14 aromatic rings. The molecule has 121 heavy (non-hydrogen) atoms. The molecule has 38 heteroatoms. The van der Waals surface area contributed by atoms with Crippen LogP contribution in [-0.4, -0.2) is 115 Å². The molecule has 0 fully saturated rings. The van der Waals surface area contributed by atoms with E-state index in [0.717, 1.165) is 124 Å². The van der Waals surface area contributed by atoms with Crippen molar-refractivity contribution in [3.8, 4) is 85.0 Å². The van der Waals surface area contributed by atoms with Crippen LogP contribution in [0.4, 0.5) is 29.7 Å². The Bertz CT molecular complexity index is 6600. The minimum Gasteiger partial charge on any atom is -0.491 e. The van der Waals surface area contributed by atoms with E-state index in [9.17, 15) is 9.59 Å². The minimum atomic E-state index is -0.103. The fourth-order valence-electron chi connectivity index (χ4n) is 15.4. The second kappa shape index (κ2) is 35.6. The Hall–Kier alpha value is -10.3. The number of ether oxygens (including phenoxy) is 5. The van der Waals surface area contributed by atoms with Gasteiger partial charge in [-0.3, -0.25) is 9.59 Å². The first-order chi connectivity index (χ1) is 58.0. The largest absolute Gasteiger partial charge is 0.491 e. The summed E-state index contributed by atoms with van der Waals surface area (Å²) in [7, 11) is 1.91. The van der Waals surface area contributed by atoms with E-state index in [1.54, 1.807) is 51.7 Å². The van der Waals surface area contributed by atoms with Gasteiger partial charge in [-0.1, -0.05) is 136 Å². The molecule has 0 saturated carbocycles. The molecule has 0 radical (unpaired) electrons. The standard InChI is InChI=1S/C19H18Cl2N4O2.C18H17Cl2N5O2.C16H12Cl2N4OS.C15H12Cl2N4O.C15H15Cl2N3O/c1-2-3-10(26)9-25-6-4-12-16(23-19(22)24-18(12)25)15-11-5-7-27-17(11)14(21)8-13(15)20;1-2-22-13(26)8-25-5-3-12-16(25)15(24-18(21)23-12)14-9-4-6-27-17(9)11(20)7-10(14)19;1-6(19)11-4-8-13(21-16(20)22-15(8)24-11)12-7-2-3-23-14(7)10(18)5-9(12)17;1-21-4-2-8-12(19-15(18)20-14(8)21)11-7-3-5-22-13(7)10(17)6-9(11)16;1-3-8-7(2)19-15(18)20-13(8)12-9-4-5-21-14(9)11(17)6-10(12)16/h4,6,8H,2-3,5,7,9H2,1H3,(H2,22,23,24);3,5,7H,2,4,6,8H2,1H3,(H,22,26)(H2,21,23,24);4-5H,1-3,19H2,(H2,20,21,22);2,4,6H,3,5H2,1H3,(H2,18,19,20);6H,3-5H2,1-2H3,(H2,18,19,20). The molecular weight excluding hydrogens is 1780 g/mol. The molecule has 5 aromatic carbocycles. The maximum Gasteiger partial charge on any atom is 0.239 e. The van der Waals surface area contributed by atoms with Crippen LogP contribution in [0.15, 0.2) is 79.8 Å². The van der Waals surface area contributed by atoms with Gasteiger partial charge in [0.2, 0.25) is 35.6 Å². The number of fused-ring (bicyclic) bond motifs is 9. The van der Waals surface area contributed by atoms with Gasteiger partial charge in [0.1, 0.15) is 57.1 Å². The Morgan fingerprint density at radius 2 is 0.851 bits per heavy atom. The molecule has 5 aliphatic rings. The van der Waals surface area contributed by atoms with Crippen molar-refractivity contribution in [3.05, 3.63) is 174 Å². The predicted octanol–water partition coefficient (Wildman–Crippen LogP) is 18.8. The normalized spacial score (nSPS) is 13.1. The van der Waals surface area contributed by atoms with Crippen molar-refractivity contribution in [2.24, 2.45) is 12.8 Å². The molecule has 0 bridgehead atoms. The highest BCUT2D eigenvalue weighted by atomic mass is 35.5. The zero-order chi connectivity index (χ0) is 85.8. The maximum atomic E-state index is 12.1. The van der Waals surface area contributed by atoms with Crippen molar-refractivity contribution in [2.75, 3.05) is 68.2 Å². The lowest BCUT2D eigenvalue weighted by Crippen LogP contribution is -2.26. The lowest BCUT2D eigenvalue weighted by Gasteiger charge is -2.15. The number of nitrogen functional groups attached to an aromatic ring is 5. The molecule has 9 aromatic heterocycles. The van der Waals surface area contributed by atoms with Gasteiger partial charge in [-0.05, 0) is 86.8 Å². The summed E-state index contributed by atoms with van der Waals surface area (Å²) in [5, 5.41) is 10.3. The highest BCUT2D eigenvalue weighted by Crippen LogP contribution is 2.52. The third kappa shape index (κ3) is 16.8. The molecule has 0 saturated heterocycles. The van der Waals surface area contributed by atoms with Crippen molar-refractivity contribution >= 4 is 218 Å². The van der Waals surface area contributed by atoms with E-state index in [1.165, 1.54) is 11.3 Å². The summed E-state index contributed by atoms with van der Waals surface area (Å²) in [4.78, 5) is 69.4. The number of nitrogens with two attached hydrogens (primary N) is 6. The third-order valence-corrected chi connectivity index (χ3v) is 24.5. The molecule has 13 N–H and O–H groups in total. The van der Waals surface area contributed by atoms with Crippen LogP contribution in [0, 0.1) is 6.92 Å². The third-order valence-electron chi connectivity index (χ3n) is 20.5. The predicted molar refractivity (Wildman–Crippen MR) is 484 cm³/mol. The second-order valence-corrected chi connectivity index (χ2v) is 33.4. The van der Waals surface area contributed by atoms with Crippen LogP contribution in [0.25, 0.3) is 105 Å². The number of benzene rings is 5. The number of rotatable bonds is 14. The Morgan fingerprint density at radius 3 is 1.31 bits per heavy atom. The number of nitrogens with one attached hydrogen (secondary N) is 1. The Morgan fingerprint density at radius 1 is 0.463 bits per heavy atom. The average Bonchev–Trinajstić information content (AvgIpc) is 1.59. The van der Waals surface area contributed by atoms with E-state index >= 15 is 0 Å². The van der Waals surface area contributed by atoms with Gasteiger partial charge in [0.05, 0.1) is 128 Å². The highest BCUT2D eigenvalue weighted by molar-refractivity contribution is 7.19. The molecule has 5 aliphatic heterocycles. The highest BCUT2D eigenvalue weighted by Gasteiger charge is 2.33. The summed E-state index contributed by atoms with van der Waals surface area (Å²) in [6.45, 7) is 15.4. The van der Waals surface area contributed by atoms with Gasteiger partial charge in [0, 0.05) is 154 Å². The topological polar surface area (TPSA) is 392 Å². The maximum absolute atomic E-state index is 12.1. The van der Waals surface area contributed by atoms with Gasteiger partial charge < -0.3 is 77.1 Å². The van der Waals surface area contributed by atoms with Crippen LogP contribution in [0.2, 0.25) is 50.2 Å². The van der Waals surface area contributed by atoms with Gasteiger partial charge in [-0.15, -0.1) is 11.3 Å². The van der Waals surface area contributed by atoms with E-state index < -0.39 is 0 Å². The SMILES string of the molecule is C=C(N)c1cc2c(-c3c(Cl)cc(Cl)c4c3CCO4)nc(N)nc2s1.CCCC(=O)Cn1ccc2c(-c3c(Cl)cc(Cl)c4c3CCO4)nc(N)nc21.CCNC(=O)Cn1ccc2nc(N)nc(-c3c(Cl)cc(Cl)c4c3CCO4)c21.CCc1c(C)nc(N)nc1-c1c(Cl)cc(Cl)c2c1CCO2.Cn1ccc2c(-c3c(Cl)cc(Cl)c4c3CCO4)nc(N)nc21. The number of likely N-dealkylation sites (N-methyl/N-ethyl adjacent to an activating group) is 1. The number of aryl methyl sites for hydroxylation is 2. The molecule has 0 unspecified atom stereocenters.